The van der Waals surface area contributed by atoms with Crippen molar-refractivity contribution in [2.75, 3.05) is 0 Å². The molecule has 2 aromatic rings. The molecule has 0 fully saturated rings. The summed E-state index contributed by atoms with van der Waals surface area (Å²) >= 11 is -2.16. The van der Waals surface area contributed by atoms with Crippen LogP contribution in [0, 0.1) is 0 Å². The molecule has 0 saturated heterocycles. The number of imidazole rings is 1. The van der Waals surface area contributed by atoms with E-state index in [-0.39, 0.29) is 0 Å². The quantitative estimate of drug-likeness (QED) is 0.797. The molecule has 15 heavy (non-hydrogen) atoms. The molecule has 0 aromatic carbocycles. The van der Waals surface area contributed by atoms with E-state index in [2.05, 4.69) is 32.6 Å². The Bertz CT molecular complexity index is 444. The summed E-state index contributed by atoms with van der Waals surface area (Å²) in [6, 6.07) is 1.82. The molecule has 0 aliphatic heterocycles. The van der Waals surface area contributed by atoms with Crippen molar-refractivity contribution in [3.8, 4) is 11.6 Å². The van der Waals surface area contributed by atoms with Crippen molar-refractivity contribution in [2.24, 2.45) is 0 Å². The summed E-state index contributed by atoms with van der Waals surface area (Å²) < 4.78 is 2.28. The topological polar surface area (TPSA) is 43.6 Å². The summed E-state index contributed by atoms with van der Waals surface area (Å²) in [5, 5.41) is 0. The minimum absolute atomic E-state index is 0.717. The molecule has 2 rings (SSSR count). The Kier molecular flexibility index (Phi) is 2.77. The first-order chi connectivity index (χ1) is 7.09. The predicted octanol–water partition coefficient (Wildman–Crippen LogP) is 2.02. The van der Waals surface area contributed by atoms with E-state index in [1.165, 1.54) is 0 Å². The van der Waals surface area contributed by atoms with Crippen molar-refractivity contribution in [1.82, 2.24) is 17.7 Å². The third-order valence-corrected chi connectivity index (χ3v) is 7.28. The Morgan fingerprint density at radius 3 is 2.27 bits per heavy atom. The van der Waals surface area contributed by atoms with Gasteiger partial charge in [0.05, 0.1) is 0 Å². The Morgan fingerprint density at radius 1 is 1.00 bits per heavy atom. The van der Waals surface area contributed by atoms with Gasteiger partial charge < -0.3 is 0 Å². The molecule has 0 aliphatic rings. The summed E-state index contributed by atoms with van der Waals surface area (Å²) in [6.07, 6.45) is 7.37. The molecule has 0 aliphatic carbocycles. The Balaban J connectivity index is 2.51. The molecule has 0 bridgehead atoms. The van der Waals surface area contributed by atoms with Crippen molar-refractivity contribution >= 4 is 18.7 Å². The van der Waals surface area contributed by atoms with Crippen LogP contribution >= 0.6 is 0 Å². The Hall–Kier alpha value is -0.911. The van der Waals surface area contributed by atoms with E-state index >= 15 is 0 Å². The molecule has 0 atom stereocenters. The van der Waals surface area contributed by atoms with Crippen molar-refractivity contribution in [3.05, 3.63) is 30.9 Å². The first-order valence-corrected chi connectivity index (χ1v) is 14.7. The van der Waals surface area contributed by atoms with Crippen molar-refractivity contribution in [1.29, 1.82) is 0 Å². The average molecular weight is 309 g/mol. The van der Waals surface area contributed by atoms with E-state index in [1.54, 1.807) is 12.4 Å². The van der Waals surface area contributed by atoms with Gasteiger partial charge in [-0.05, 0) is 0 Å². The standard InChI is InChI=1S/C7H5N4.3CH3.Sn/c1-2-8-6(9-3-1)7-10-4-5-11-7;;;;/h1-5H;3*1H3;/q-1;;;;+1. The molecule has 0 unspecified atom stereocenters. The molecular formula is C10H14N4Sn. The molecule has 0 spiro atoms. The van der Waals surface area contributed by atoms with Gasteiger partial charge in [-0.1, -0.05) is 0 Å². The SMILES string of the molecule is [CH3][Sn]([CH3])([CH3])[n]1ccnc1-c1ncccn1. The van der Waals surface area contributed by atoms with Gasteiger partial charge in [-0.2, -0.15) is 0 Å². The average Bonchev–Trinajstić information content (AvgIpc) is 2.67. The fourth-order valence-corrected chi connectivity index (χ4v) is 5.16. The molecule has 5 heteroatoms. The van der Waals surface area contributed by atoms with Crippen molar-refractivity contribution in [3.63, 3.8) is 0 Å². The van der Waals surface area contributed by atoms with Crippen LogP contribution in [0.2, 0.25) is 14.8 Å². The van der Waals surface area contributed by atoms with Gasteiger partial charge in [0.15, 0.2) is 0 Å². The fraction of sp³-hybridized carbons (Fsp3) is 0.300. The molecule has 0 amide bonds. The minimum atomic E-state index is -2.16. The summed E-state index contributed by atoms with van der Waals surface area (Å²) in [5.74, 6) is 1.62. The molecular weight excluding hydrogens is 295 g/mol. The van der Waals surface area contributed by atoms with Gasteiger partial charge in [0.2, 0.25) is 0 Å². The van der Waals surface area contributed by atoms with Crippen molar-refractivity contribution in [2.45, 2.75) is 14.8 Å². The van der Waals surface area contributed by atoms with Gasteiger partial charge in [-0.25, -0.2) is 0 Å². The maximum absolute atomic E-state index is 4.34. The third-order valence-electron chi connectivity index (χ3n) is 2.13. The van der Waals surface area contributed by atoms with Crippen LogP contribution < -0.4 is 0 Å². The summed E-state index contributed by atoms with van der Waals surface area (Å²) in [6.45, 7) is 0. The maximum atomic E-state index is 4.34. The summed E-state index contributed by atoms with van der Waals surface area (Å²) in [7, 11) is 0. The molecule has 0 N–H and O–H groups in total. The van der Waals surface area contributed by atoms with Gasteiger partial charge in [-0.3, -0.25) is 0 Å². The van der Waals surface area contributed by atoms with Gasteiger partial charge >= 0.3 is 93.7 Å². The number of rotatable bonds is 2. The van der Waals surface area contributed by atoms with E-state index in [0.717, 1.165) is 5.82 Å². The van der Waals surface area contributed by atoms with Gasteiger partial charge in [-0.15, -0.1) is 0 Å². The molecule has 2 heterocycles. The van der Waals surface area contributed by atoms with Crippen LogP contribution in [0.3, 0.4) is 0 Å². The molecule has 2 aromatic heterocycles. The second kappa shape index (κ2) is 3.92. The summed E-state index contributed by atoms with van der Waals surface area (Å²) in [4.78, 5) is 19.8. The summed E-state index contributed by atoms with van der Waals surface area (Å²) in [5.41, 5.74) is 0. The van der Waals surface area contributed by atoms with E-state index < -0.39 is 18.7 Å². The number of hydrogen-bond acceptors (Lipinski definition) is 3. The van der Waals surface area contributed by atoms with Gasteiger partial charge in [0.25, 0.3) is 0 Å². The zero-order valence-electron chi connectivity index (χ0n) is 9.18. The van der Waals surface area contributed by atoms with Crippen molar-refractivity contribution < 1.29 is 0 Å². The fourth-order valence-electron chi connectivity index (χ4n) is 1.42. The van der Waals surface area contributed by atoms with Crippen LogP contribution in [0.1, 0.15) is 0 Å². The predicted molar refractivity (Wildman–Crippen MR) is 62.0 cm³/mol. The molecule has 4 nitrogen and oxygen atoms in total. The van der Waals surface area contributed by atoms with E-state index in [4.69, 9.17) is 0 Å². The van der Waals surface area contributed by atoms with Gasteiger partial charge in [0, 0.05) is 0 Å². The zero-order chi connectivity index (χ0) is 10.9. The van der Waals surface area contributed by atoms with E-state index in [1.807, 2.05) is 18.5 Å². The van der Waals surface area contributed by atoms with E-state index in [0.29, 0.717) is 5.82 Å². The monoisotopic (exact) mass is 310 g/mol. The van der Waals surface area contributed by atoms with Gasteiger partial charge in [0.1, 0.15) is 0 Å². The first kappa shape index (κ1) is 10.6. The Labute approximate surface area is 93.6 Å². The number of aromatic nitrogens is 4. The second-order valence-corrected chi connectivity index (χ2v) is 18.1. The number of hydrogen-bond donors (Lipinski definition) is 0. The third kappa shape index (κ3) is 2.19. The Morgan fingerprint density at radius 2 is 1.67 bits per heavy atom. The van der Waals surface area contributed by atoms with Crippen LogP contribution in [0.4, 0.5) is 0 Å². The van der Waals surface area contributed by atoms with Crippen LogP contribution in [0.5, 0.6) is 0 Å². The van der Waals surface area contributed by atoms with E-state index in [9.17, 15) is 0 Å². The molecule has 0 radical (unpaired) electrons. The normalized spacial score (nSPS) is 11.7. The van der Waals surface area contributed by atoms with Crippen LogP contribution in [-0.4, -0.2) is 36.4 Å². The van der Waals surface area contributed by atoms with Crippen LogP contribution in [-0.2, 0) is 0 Å². The van der Waals surface area contributed by atoms with Crippen LogP contribution in [0.15, 0.2) is 30.9 Å². The molecule has 78 valence electrons. The first-order valence-electron chi connectivity index (χ1n) is 4.90. The van der Waals surface area contributed by atoms with Crippen LogP contribution in [0.25, 0.3) is 11.6 Å². The molecule has 0 saturated carbocycles. The number of nitrogens with zero attached hydrogens (tertiary/aromatic N) is 4. The zero-order valence-corrected chi connectivity index (χ0v) is 12.0. The second-order valence-electron chi connectivity index (χ2n) is 4.36.